The Bertz CT molecular complexity index is 1680. The number of aromatic nitrogens is 6. The topological polar surface area (TPSA) is 116 Å². The first-order valence-electron chi connectivity index (χ1n) is 12.9. The van der Waals surface area contributed by atoms with E-state index < -0.39 is 5.54 Å². The summed E-state index contributed by atoms with van der Waals surface area (Å²) in [6.07, 6.45) is 0.885. The Hall–Kier alpha value is -3.69. The number of hydrogen-bond acceptors (Lipinski definition) is 6. The van der Waals surface area contributed by atoms with Crippen LogP contribution in [0, 0.1) is 33.6 Å². The van der Waals surface area contributed by atoms with Gasteiger partial charge in [0, 0.05) is 46.4 Å². The van der Waals surface area contributed by atoms with E-state index in [1.807, 2.05) is 75.5 Å². The monoisotopic (exact) mass is 549 g/mol. The molecule has 0 aliphatic carbocycles. The van der Waals surface area contributed by atoms with Gasteiger partial charge >= 0.3 is 0 Å². The number of H-pyrrole nitrogens is 1. The highest BCUT2D eigenvalue weighted by Gasteiger charge is 2.22. The van der Waals surface area contributed by atoms with E-state index in [9.17, 15) is 4.79 Å². The fourth-order valence-corrected chi connectivity index (χ4v) is 4.90. The lowest BCUT2D eigenvalue weighted by Crippen LogP contribution is -2.43. The predicted molar refractivity (Wildman–Crippen MR) is 156 cm³/mol. The quantitative estimate of drug-likeness (QED) is 0.291. The minimum atomic E-state index is -0.392. The molecule has 206 valence electrons. The van der Waals surface area contributed by atoms with Gasteiger partial charge in [0.05, 0.1) is 16.4 Å². The molecule has 39 heavy (non-hydrogen) atoms. The molecule has 1 atom stereocenters. The number of hydrogen-bond donors (Lipinski definition) is 2. The second kappa shape index (κ2) is 11.2. The molecule has 0 aliphatic rings. The molecule has 0 saturated heterocycles. The number of aromatic amines is 1. The zero-order valence-electron chi connectivity index (χ0n) is 23.5. The highest BCUT2D eigenvalue weighted by Crippen LogP contribution is 2.31. The van der Waals surface area contributed by atoms with Crippen LogP contribution in [0.15, 0.2) is 47.3 Å². The van der Waals surface area contributed by atoms with Crippen molar-refractivity contribution in [3.8, 4) is 17.0 Å². The van der Waals surface area contributed by atoms with Crippen LogP contribution in [-0.4, -0.2) is 41.3 Å². The van der Waals surface area contributed by atoms with Crippen molar-refractivity contribution in [1.82, 2.24) is 29.2 Å². The lowest BCUT2D eigenvalue weighted by Gasteiger charge is -2.26. The average molecular weight is 550 g/mol. The second-order valence-corrected chi connectivity index (χ2v) is 11.3. The van der Waals surface area contributed by atoms with Crippen LogP contribution in [0.5, 0.6) is 5.75 Å². The van der Waals surface area contributed by atoms with Crippen LogP contribution in [0.1, 0.15) is 50.0 Å². The fourth-order valence-electron chi connectivity index (χ4n) is 4.66. The van der Waals surface area contributed by atoms with Gasteiger partial charge in [-0.1, -0.05) is 25.4 Å². The third kappa shape index (κ3) is 6.85. The third-order valence-corrected chi connectivity index (χ3v) is 6.34. The largest absolute Gasteiger partial charge is 0.490 e. The first kappa shape index (κ1) is 28.3. The van der Waals surface area contributed by atoms with Gasteiger partial charge in [0.15, 0.2) is 11.3 Å². The van der Waals surface area contributed by atoms with Crippen molar-refractivity contribution in [3.05, 3.63) is 80.6 Å². The van der Waals surface area contributed by atoms with Gasteiger partial charge in [0.1, 0.15) is 12.4 Å². The second-order valence-electron chi connectivity index (χ2n) is 10.9. The molecule has 0 saturated carbocycles. The normalized spacial score (nSPS) is 13.0. The summed E-state index contributed by atoms with van der Waals surface area (Å²) >= 11 is 6.50. The van der Waals surface area contributed by atoms with Crippen LogP contribution in [-0.2, 0) is 0 Å². The summed E-state index contributed by atoms with van der Waals surface area (Å²) in [5.41, 5.74) is 12.8. The summed E-state index contributed by atoms with van der Waals surface area (Å²) in [4.78, 5) is 20.0. The van der Waals surface area contributed by atoms with Crippen LogP contribution in [0.4, 0.5) is 0 Å². The van der Waals surface area contributed by atoms with E-state index in [1.165, 1.54) is 10.6 Å². The van der Waals surface area contributed by atoms with Crippen molar-refractivity contribution in [2.75, 3.05) is 6.61 Å². The molecule has 0 fully saturated rings. The van der Waals surface area contributed by atoms with Crippen LogP contribution >= 0.6 is 11.6 Å². The van der Waals surface area contributed by atoms with Crippen LogP contribution in [0.2, 0.25) is 5.02 Å². The summed E-state index contributed by atoms with van der Waals surface area (Å²) in [6, 6.07) is 13.1. The number of aryl methyl sites for hydroxylation is 4. The minimum Gasteiger partial charge on any atom is -0.490 e. The summed E-state index contributed by atoms with van der Waals surface area (Å²) in [6.45, 7) is 14.4. The zero-order chi connectivity index (χ0) is 28.5. The Balaban J connectivity index is 0.000000243. The number of ether oxygens (including phenoxy) is 1. The van der Waals surface area contributed by atoms with E-state index >= 15 is 0 Å². The molecule has 0 unspecified atom stereocenters. The van der Waals surface area contributed by atoms with E-state index in [0.717, 1.165) is 46.1 Å². The third-order valence-electron chi connectivity index (χ3n) is 6.04. The van der Waals surface area contributed by atoms with E-state index in [2.05, 4.69) is 34.0 Å². The number of nitrogens with two attached hydrogens (primary N) is 1. The maximum Gasteiger partial charge on any atom is 0.272 e. The van der Waals surface area contributed by atoms with E-state index in [1.54, 1.807) is 0 Å². The fraction of sp³-hybridized carbons (Fsp3) is 0.379. The van der Waals surface area contributed by atoms with Crippen molar-refractivity contribution in [2.24, 2.45) is 11.7 Å². The van der Waals surface area contributed by atoms with Crippen molar-refractivity contribution in [1.29, 1.82) is 0 Å². The highest BCUT2D eigenvalue weighted by atomic mass is 35.5. The number of benzene rings is 1. The molecular weight excluding hydrogens is 514 g/mol. The van der Waals surface area contributed by atoms with Crippen LogP contribution < -0.4 is 16.0 Å². The molecule has 4 aromatic heterocycles. The maximum absolute atomic E-state index is 11.3. The summed E-state index contributed by atoms with van der Waals surface area (Å²) in [7, 11) is 0. The molecule has 0 spiro atoms. The van der Waals surface area contributed by atoms with Crippen molar-refractivity contribution in [2.45, 2.75) is 60.4 Å². The molecule has 10 heteroatoms. The molecule has 9 nitrogen and oxygen atoms in total. The lowest BCUT2D eigenvalue weighted by molar-refractivity contribution is 0.207. The number of halogens is 1. The molecule has 0 radical (unpaired) electrons. The van der Waals surface area contributed by atoms with Gasteiger partial charge in [0.25, 0.3) is 5.56 Å². The summed E-state index contributed by atoms with van der Waals surface area (Å²) in [5.74, 6) is 1.15. The Morgan fingerprint density at radius 1 is 1.00 bits per heavy atom. The van der Waals surface area contributed by atoms with Crippen LogP contribution in [0.3, 0.4) is 0 Å². The number of rotatable bonds is 6. The number of nitrogens with zero attached hydrogens (tertiary/aromatic N) is 5. The predicted octanol–water partition coefficient (Wildman–Crippen LogP) is 5.45. The Kier molecular flexibility index (Phi) is 8.13. The molecule has 0 aliphatic heterocycles. The van der Waals surface area contributed by atoms with Crippen LogP contribution in [0.25, 0.3) is 22.6 Å². The van der Waals surface area contributed by atoms with E-state index in [4.69, 9.17) is 22.1 Å². The number of fused-ring (bicyclic) bond motifs is 2. The van der Waals surface area contributed by atoms with Gasteiger partial charge in [0.2, 0.25) is 0 Å². The first-order chi connectivity index (χ1) is 18.3. The molecule has 5 rings (SSSR count). The standard InChI is InChI=1S/C21H27ClN4O.C8H9N3O/c1-13(2)11-21(5,23)12-27-19-7-6-16(10-17(19)22)18-8-14(3)24-20-9-15(4)25-26(18)20;1-5-4-8(12)11-7(9-5)3-6(2)10-11/h6-10,13H,11-12,23H2,1-5H3;3-4,10H,1-2H3/t21-;/m0./s1. The lowest BCUT2D eigenvalue weighted by atomic mass is 9.93. The van der Waals surface area contributed by atoms with E-state index in [0.29, 0.717) is 28.9 Å². The molecule has 4 heterocycles. The first-order valence-corrected chi connectivity index (χ1v) is 13.3. The number of nitrogens with one attached hydrogen (secondary N) is 1. The van der Waals surface area contributed by atoms with Gasteiger partial charge < -0.3 is 10.5 Å². The molecule has 0 amide bonds. The molecular formula is C29H36ClN7O2. The summed E-state index contributed by atoms with van der Waals surface area (Å²) < 4.78 is 9.19. The van der Waals surface area contributed by atoms with Crippen molar-refractivity contribution >= 4 is 22.9 Å². The van der Waals surface area contributed by atoms with Gasteiger partial charge in [-0.15, -0.1) is 0 Å². The summed E-state index contributed by atoms with van der Waals surface area (Å²) in [5, 5.41) is 7.99. The van der Waals surface area contributed by atoms with Gasteiger partial charge in [-0.25, -0.2) is 19.0 Å². The highest BCUT2D eigenvalue weighted by molar-refractivity contribution is 6.32. The average Bonchev–Trinajstić information content (AvgIpc) is 3.38. The van der Waals surface area contributed by atoms with Gasteiger partial charge in [-0.3, -0.25) is 9.89 Å². The Morgan fingerprint density at radius 2 is 1.69 bits per heavy atom. The Morgan fingerprint density at radius 3 is 2.38 bits per heavy atom. The smallest absolute Gasteiger partial charge is 0.272 e. The van der Waals surface area contributed by atoms with Crippen molar-refractivity contribution < 1.29 is 4.74 Å². The SMILES string of the molecule is Cc1cc(-c2ccc(OC[C@@](C)(N)CC(C)C)c(Cl)c2)n2nc(C)cc2n1.Cc1cc(=O)n2[nH]c(C)cc2n1. The molecule has 5 aromatic rings. The minimum absolute atomic E-state index is 0.0643. The van der Waals surface area contributed by atoms with Gasteiger partial charge in [-0.2, -0.15) is 5.10 Å². The van der Waals surface area contributed by atoms with E-state index in [-0.39, 0.29) is 5.56 Å². The van der Waals surface area contributed by atoms with Gasteiger partial charge in [-0.05, 0) is 71.2 Å². The molecule has 0 bridgehead atoms. The molecule has 3 N–H and O–H groups in total. The van der Waals surface area contributed by atoms with Crippen molar-refractivity contribution in [3.63, 3.8) is 0 Å². The molecule has 1 aromatic carbocycles. The Labute approximate surface area is 233 Å². The zero-order valence-corrected chi connectivity index (χ0v) is 24.3. The maximum atomic E-state index is 11.3.